The number of anilines is 1. The van der Waals surface area contributed by atoms with Crippen LogP contribution in [-0.2, 0) is 0 Å². The van der Waals surface area contributed by atoms with Crippen LogP contribution in [0.5, 0.6) is 0 Å². The number of halogens is 1. The fraction of sp³-hybridized carbons (Fsp3) is 0.286. The molecular formula is C14H16ClN3O. The highest BCUT2D eigenvalue weighted by Crippen LogP contribution is 2.31. The van der Waals surface area contributed by atoms with E-state index < -0.39 is 0 Å². The van der Waals surface area contributed by atoms with E-state index in [1.807, 2.05) is 24.3 Å². The molecule has 5 heteroatoms. The average Bonchev–Trinajstić information content (AvgIpc) is 2.80. The SMILES string of the molecule is CCN(CC)c1ncnc2c1oc1ccccc12.Cl. The molecule has 0 amide bonds. The highest BCUT2D eigenvalue weighted by molar-refractivity contribution is 6.05. The molecule has 2 aromatic heterocycles. The quantitative estimate of drug-likeness (QED) is 0.733. The van der Waals surface area contributed by atoms with Crippen molar-refractivity contribution in [1.29, 1.82) is 0 Å². The van der Waals surface area contributed by atoms with Gasteiger partial charge in [0.25, 0.3) is 0 Å². The van der Waals surface area contributed by atoms with Crippen molar-refractivity contribution in [1.82, 2.24) is 9.97 Å². The molecule has 3 aromatic rings. The van der Waals surface area contributed by atoms with Crippen LogP contribution in [0.4, 0.5) is 5.82 Å². The fourth-order valence-corrected chi connectivity index (χ4v) is 2.26. The third kappa shape index (κ3) is 2.12. The normalized spacial score (nSPS) is 10.6. The van der Waals surface area contributed by atoms with Crippen molar-refractivity contribution in [3.8, 4) is 0 Å². The number of aromatic nitrogens is 2. The summed E-state index contributed by atoms with van der Waals surface area (Å²) in [6.45, 7) is 6.03. The van der Waals surface area contributed by atoms with Crippen LogP contribution >= 0.6 is 12.4 Å². The number of rotatable bonds is 3. The topological polar surface area (TPSA) is 42.2 Å². The van der Waals surface area contributed by atoms with Gasteiger partial charge >= 0.3 is 0 Å². The number of benzene rings is 1. The monoisotopic (exact) mass is 277 g/mol. The Hall–Kier alpha value is -1.81. The van der Waals surface area contributed by atoms with Gasteiger partial charge in [-0.25, -0.2) is 9.97 Å². The van der Waals surface area contributed by atoms with Gasteiger partial charge in [-0.2, -0.15) is 0 Å². The lowest BCUT2D eigenvalue weighted by molar-refractivity contribution is 0.661. The van der Waals surface area contributed by atoms with Crippen LogP contribution in [0.1, 0.15) is 13.8 Å². The molecule has 0 unspecified atom stereocenters. The van der Waals surface area contributed by atoms with Crippen LogP contribution in [0.15, 0.2) is 35.0 Å². The lowest BCUT2D eigenvalue weighted by Crippen LogP contribution is -2.23. The van der Waals surface area contributed by atoms with Crippen molar-refractivity contribution in [2.24, 2.45) is 0 Å². The minimum atomic E-state index is 0. The van der Waals surface area contributed by atoms with Crippen LogP contribution in [0.3, 0.4) is 0 Å². The minimum absolute atomic E-state index is 0. The van der Waals surface area contributed by atoms with E-state index in [9.17, 15) is 0 Å². The lowest BCUT2D eigenvalue weighted by atomic mass is 10.2. The minimum Gasteiger partial charge on any atom is -0.450 e. The number of para-hydroxylation sites is 1. The van der Waals surface area contributed by atoms with E-state index in [2.05, 4.69) is 28.7 Å². The molecule has 0 aliphatic rings. The molecule has 4 nitrogen and oxygen atoms in total. The van der Waals surface area contributed by atoms with E-state index in [4.69, 9.17) is 4.42 Å². The summed E-state index contributed by atoms with van der Waals surface area (Å²) in [7, 11) is 0. The van der Waals surface area contributed by atoms with E-state index >= 15 is 0 Å². The average molecular weight is 278 g/mol. The molecule has 3 rings (SSSR count). The Bertz CT molecular complexity index is 691. The molecule has 0 aliphatic carbocycles. The molecule has 0 bridgehead atoms. The second-order valence-corrected chi connectivity index (χ2v) is 4.15. The van der Waals surface area contributed by atoms with Gasteiger partial charge in [0.15, 0.2) is 11.4 Å². The Labute approximate surface area is 117 Å². The summed E-state index contributed by atoms with van der Waals surface area (Å²) in [6, 6.07) is 7.95. The van der Waals surface area contributed by atoms with Gasteiger partial charge in [0, 0.05) is 18.5 Å². The molecule has 19 heavy (non-hydrogen) atoms. The Morgan fingerprint density at radius 2 is 1.84 bits per heavy atom. The number of furan rings is 1. The maximum atomic E-state index is 5.90. The van der Waals surface area contributed by atoms with Crippen molar-refractivity contribution in [3.05, 3.63) is 30.6 Å². The van der Waals surface area contributed by atoms with Gasteiger partial charge in [-0.3, -0.25) is 0 Å². The molecule has 1 aromatic carbocycles. The molecule has 100 valence electrons. The summed E-state index contributed by atoms with van der Waals surface area (Å²) >= 11 is 0. The molecule has 0 fully saturated rings. The third-order valence-corrected chi connectivity index (χ3v) is 3.20. The standard InChI is InChI=1S/C14H15N3O.ClH/c1-3-17(4-2)14-13-12(15-9-16-14)10-7-5-6-8-11(10)18-13;/h5-9H,3-4H2,1-2H3;1H. The number of fused-ring (bicyclic) bond motifs is 3. The summed E-state index contributed by atoms with van der Waals surface area (Å²) in [5.74, 6) is 0.876. The summed E-state index contributed by atoms with van der Waals surface area (Å²) in [5.41, 5.74) is 2.53. The van der Waals surface area contributed by atoms with Crippen LogP contribution in [-0.4, -0.2) is 23.1 Å². The molecule has 0 saturated heterocycles. The first-order chi connectivity index (χ1) is 8.85. The van der Waals surface area contributed by atoms with Crippen LogP contribution in [0.2, 0.25) is 0 Å². The van der Waals surface area contributed by atoms with E-state index in [1.165, 1.54) is 0 Å². The zero-order valence-corrected chi connectivity index (χ0v) is 11.8. The van der Waals surface area contributed by atoms with E-state index in [0.717, 1.165) is 41.0 Å². The zero-order chi connectivity index (χ0) is 12.5. The van der Waals surface area contributed by atoms with Crippen molar-refractivity contribution < 1.29 is 4.42 Å². The van der Waals surface area contributed by atoms with Crippen LogP contribution in [0.25, 0.3) is 22.1 Å². The van der Waals surface area contributed by atoms with Crippen molar-refractivity contribution >= 4 is 40.3 Å². The van der Waals surface area contributed by atoms with E-state index in [0.29, 0.717) is 0 Å². The van der Waals surface area contributed by atoms with Gasteiger partial charge in [0.1, 0.15) is 17.4 Å². The number of nitrogens with zero attached hydrogens (tertiary/aromatic N) is 3. The van der Waals surface area contributed by atoms with Crippen molar-refractivity contribution in [2.75, 3.05) is 18.0 Å². The molecule has 0 N–H and O–H groups in total. The first-order valence-corrected chi connectivity index (χ1v) is 6.22. The Balaban J connectivity index is 0.00000133. The molecule has 2 heterocycles. The number of hydrogen-bond donors (Lipinski definition) is 0. The molecular weight excluding hydrogens is 262 g/mol. The van der Waals surface area contributed by atoms with Crippen molar-refractivity contribution in [2.45, 2.75) is 13.8 Å². The summed E-state index contributed by atoms with van der Waals surface area (Å²) < 4.78 is 5.90. The Morgan fingerprint density at radius 1 is 1.11 bits per heavy atom. The fourth-order valence-electron chi connectivity index (χ4n) is 2.26. The zero-order valence-electron chi connectivity index (χ0n) is 11.0. The summed E-state index contributed by atoms with van der Waals surface area (Å²) in [5, 5.41) is 1.04. The second kappa shape index (κ2) is 5.45. The Morgan fingerprint density at radius 3 is 2.58 bits per heavy atom. The molecule has 0 spiro atoms. The molecule has 0 radical (unpaired) electrons. The van der Waals surface area contributed by atoms with Crippen molar-refractivity contribution in [3.63, 3.8) is 0 Å². The van der Waals surface area contributed by atoms with Gasteiger partial charge in [-0.05, 0) is 26.0 Å². The van der Waals surface area contributed by atoms with Crippen LogP contribution < -0.4 is 4.90 Å². The van der Waals surface area contributed by atoms with Gasteiger partial charge < -0.3 is 9.32 Å². The summed E-state index contributed by atoms with van der Waals surface area (Å²) in [6.07, 6.45) is 1.61. The predicted molar refractivity (Wildman–Crippen MR) is 80.1 cm³/mol. The first kappa shape index (κ1) is 13.6. The van der Waals surface area contributed by atoms with Gasteiger partial charge in [-0.15, -0.1) is 12.4 Å². The highest BCUT2D eigenvalue weighted by atomic mass is 35.5. The smallest absolute Gasteiger partial charge is 0.196 e. The van der Waals surface area contributed by atoms with Gasteiger partial charge in [0.05, 0.1) is 0 Å². The van der Waals surface area contributed by atoms with Gasteiger partial charge in [0.2, 0.25) is 0 Å². The van der Waals surface area contributed by atoms with E-state index in [-0.39, 0.29) is 12.4 Å². The van der Waals surface area contributed by atoms with E-state index in [1.54, 1.807) is 6.33 Å². The second-order valence-electron chi connectivity index (χ2n) is 4.15. The summed E-state index contributed by atoms with van der Waals surface area (Å²) in [4.78, 5) is 10.9. The third-order valence-electron chi connectivity index (χ3n) is 3.20. The maximum absolute atomic E-state index is 5.90. The largest absolute Gasteiger partial charge is 0.450 e. The first-order valence-electron chi connectivity index (χ1n) is 6.22. The van der Waals surface area contributed by atoms with Crippen LogP contribution in [0, 0.1) is 0 Å². The Kier molecular flexibility index (Phi) is 3.90. The van der Waals surface area contributed by atoms with Gasteiger partial charge in [-0.1, -0.05) is 12.1 Å². The predicted octanol–water partition coefficient (Wildman–Crippen LogP) is 3.64. The molecule has 0 aliphatic heterocycles. The maximum Gasteiger partial charge on any atom is 0.196 e. The lowest BCUT2D eigenvalue weighted by Gasteiger charge is -2.18. The molecule has 0 atom stereocenters. The molecule has 0 saturated carbocycles. The number of hydrogen-bond acceptors (Lipinski definition) is 4. The highest BCUT2D eigenvalue weighted by Gasteiger charge is 2.15.